The number of nitrogens with two attached hydrogens (primary N) is 1. The van der Waals surface area contributed by atoms with Gasteiger partial charge in [0.25, 0.3) is 15.9 Å². The Morgan fingerprint density at radius 3 is 2.35 bits per heavy atom. The minimum absolute atomic E-state index is 0.0490. The summed E-state index contributed by atoms with van der Waals surface area (Å²) >= 11 is 0. The van der Waals surface area contributed by atoms with Gasteiger partial charge in [0.1, 0.15) is 0 Å². The van der Waals surface area contributed by atoms with Crippen molar-refractivity contribution in [3.05, 3.63) is 59.7 Å². The molecule has 0 radical (unpaired) electrons. The number of carbonyl (C=O) groups is 2. The van der Waals surface area contributed by atoms with Gasteiger partial charge in [-0.05, 0) is 30.3 Å². The zero-order chi connectivity index (χ0) is 17.2. The van der Waals surface area contributed by atoms with Gasteiger partial charge in [0, 0.05) is 7.05 Å². The highest BCUT2D eigenvalue weighted by Crippen LogP contribution is 2.25. The van der Waals surface area contributed by atoms with Crippen molar-refractivity contribution >= 4 is 27.6 Å². The van der Waals surface area contributed by atoms with Crippen LogP contribution in [0.2, 0.25) is 0 Å². The molecule has 7 nitrogen and oxygen atoms in total. The van der Waals surface area contributed by atoms with Crippen LogP contribution in [-0.4, -0.2) is 32.4 Å². The monoisotopic (exact) mass is 334 g/mol. The van der Waals surface area contributed by atoms with E-state index in [4.69, 9.17) is 10.8 Å². The highest BCUT2D eigenvalue weighted by molar-refractivity contribution is 7.92. The first kappa shape index (κ1) is 16.5. The van der Waals surface area contributed by atoms with Crippen molar-refractivity contribution in [2.75, 3.05) is 11.4 Å². The number of anilines is 1. The van der Waals surface area contributed by atoms with E-state index < -0.39 is 21.9 Å². The molecule has 1 amide bonds. The number of hydrogen-bond acceptors (Lipinski definition) is 4. The van der Waals surface area contributed by atoms with Gasteiger partial charge < -0.3 is 10.8 Å². The van der Waals surface area contributed by atoms with Gasteiger partial charge in [-0.3, -0.25) is 9.10 Å². The van der Waals surface area contributed by atoms with Gasteiger partial charge in [0.2, 0.25) is 0 Å². The number of hydrogen-bond donors (Lipinski definition) is 2. The largest absolute Gasteiger partial charge is 0.478 e. The molecule has 8 heteroatoms. The third kappa shape index (κ3) is 3.16. The predicted molar refractivity (Wildman–Crippen MR) is 84.0 cm³/mol. The second kappa shape index (κ2) is 6.09. The molecule has 120 valence electrons. The van der Waals surface area contributed by atoms with E-state index in [2.05, 4.69) is 0 Å². The lowest BCUT2D eigenvalue weighted by molar-refractivity contribution is 0.0696. The topological polar surface area (TPSA) is 118 Å². The summed E-state index contributed by atoms with van der Waals surface area (Å²) < 4.78 is 26.2. The molecular weight excluding hydrogens is 320 g/mol. The number of carbonyl (C=O) groups excluding carboxylic acids is 1. The average Bonchev–Trinajstić information content (AvgIpc) is 2.54. The number of para-hydroxylation sites is 1. The fraction of sp³-hybridized carbons (Fsp3) is 0.0667. The van der Waals surface area contributed by atoms with Crippen molar-refractivity contribution in [2.24, 2.45) is 5.73 Å². The zero-order valence-electron chi connectivity index (χ0n) is 12.1. The van der Waals surface area contributed by atoms with Crippen molar-refractivity contribution in [3.63, 3.8) is 0 Å². The van der Waals surface area contributed by atoms with Crippen LogP contribution in [0.4, 0.5) is 5.69 Å². The SMILES string of the molecule is CN(c1ccccc1C(N)=O)S(=O)(=O)c1cccc(C(=O)O)c1. The summed E-state index contributed by atoms with van der Waals surface area (Å²) in [7, 11) is -2.77. The zero-order valence-corrected chi connectivity index (χ0v) is 12.9. The quantitative estimate of drug-likeness (QED) is 0.854. The maximum Gasteiger partial charge on any atom is 0.335 e. The van der Waals surface area contributed by atoms with E-state index in [9.17, 15) is 18.0 Å². The molecule has 2 aromatic carbocycles. The van der Waals surface area contributed by atoms with Crippen LogP contribution in [0, 0.1) is 0 Å². The minimum atomic E-state index is -4.04. The fourth-order valence-electron chi connectivity index (χ4n) is 2.03. The Kier molecular flexibility index (Phi) is 4.37. The normalized spacial score (nSPS) is 11.0. The van der Waals surface area contributed by atoms with Crippen LogP contribution in [-0.2, 0) is 10.0 Å². The first-order valence-electron chi connectivity index (χ1n) is 6.46. The lowest BCUT2D eigenvalue weighted by atomic mass is 10.2. The molecule has 23 heavy (non-hydrogen) atoms. The number of nitrogens with zero attached hydrogens (tertiary/aromatic N) is 1. The Balaban J connectivity index is 2.54. The number of benzene rings is 2. The van der Waals surface area contributed by atoms with E-state index in [0.717, 1.165) is 10.4 Å². The van der Waals surface area contributed by atoms with Crippen LogP contribution in [0.15, 0.2) is 53.4 Å². The van der Waals surface area contributed by atoms with Crippen molar-refractivity contribution in [2.45, 2.75) is 4.90 Å². The van der Waals surface area contributed by atoms with Crippen LogP contribution in [0.25, 0.3) is 0 Å². The van der Waals surface area contributed by atoms with Gasteiger partial charge >= 0.3 is 5.97 Å². The molecule has 0 saturated carbocycles. The molecule has 0 atom stereocenters. The van der Waals surface area contributed by atoms with Crippen molar-refractivity contribution in [1.29, 1.82) is 0 Å². The van der Waals surface area contributed by atoms with Crippen LogP contribution in [0.1, 0.15) is 20.7 Å². The summed E-state index contributed by atoms with van der Waals surface area (Å²) in [4.78, 5) is 22.3. The molecule has 0 aromatic heterocycles. The molecule has 0 spiro atoms. The van der Waals surface area contributed by atoms with Crippen LogP contribution in [0.3, 0.4) is 0 Å². The summed E-state index contributed by atoms with van der Waals surface area (Å²) in [6.45, 7) is 0. The molecule has 2 aromatic rings. The molecule has 3 N–H and O–H groups in total. The summed E-state index contributed by atoms with van der Waals surface area (Å²) in [6, 6.07) is 11.0. The highest BCUT2D eigenvalue weighted by atomic mass is 32.2. The van der Waals surface area contributed by atoms with Crippen molar-refractivity contribution in [1.82, 2.24) is 0 Å². The van der Waals surface area contributed by atoms with Gasteiger partial charge in [-0.1, -0.05) is 18.2 Å². The maximum atomic E-state index is 12.7. The van der Waals surface area contributed by atoms with E-state index in [-0.39, 0.29) is 21.7 Å². The summed E-state index contributed by atoms with van der Waals surface area (Å²) in [5, 5.41) is 8.98. The van der Waals surface area contributed by atoms with E-state index in [1.165, 1.54) is 37.4 Å². The lowest BCUT2D eigenvalue weighted by Crippen LogP contribution is -2.29. The van der Waals surface area contributed by atoms with Gasteiger partial charge in [-0.25, -0.2) is 13.2 Å². The van der Waals surface area contributed by atoms with Crippen LogP contribution in [0.5, 0.6) is 0 Å². The number of carboxylic acid groups (broad SMARTS) is 1. The number of carboxylic acids is 1. The minimum Gasteiger partial charge on any atom is -0.478 e. The van der Waals surface area contributed by atoms with Gasteiger partial charge in [-0.15, -0.1) is 0 Å². The molecule has 0 aliphatic rings. The molecule has 0 bridgehead atoms. The van der Waals surface area contributed by atoms with E-state index in [1.54, 1.807) is 12.1 Å². The number of primary amides is 1. The number of rotatable bonds is 5. The van der Waals surface area contributed by atoms with Crippen molar-refractivity contribution in [3.8, 4) is 0 Å². The molecule has 0 aliphatic heterocycles. The van der Waals surface area contributed by atoms with E-state index >= 15 is 0 Å². The smallest absolute Gasteiger partial charge is 0.335 e. The Labute approximate surface area is 133 Å². The first-order chi connectivity index (χ1) is 10.7. The molecular formula is C15H14N2O5S. The highest BCUT2D eigenvalue weighted by Gasteiger charge is 2.25. The Morgan fingerprint density at radius 1 is 1.09 bits per heavy atom. The number of sulfonamides is 1. The van der Waals surface area contributed by atoms with Gasteiger partial charge in [0.15, 0.2) is 0 Å². The number of amides is 1. The van der Waals surface area contributed by atoms with Crippen LogP contribution >= 0.6 is 0 Å². The third-order valence-electron chi connectivity index (χ3n) is 3.25. The summed E-state index contributed by atoms with van der Waals surface area (Å²) in [5.74, 6) is -2.00. The Morgan fingerprint density at radius 2 is 1.74 bits per heavy atom. The fourth-order valence-corrected chi connectivity index (χ4v) is 3.29. The van der Waals surface area contributed by atoms with E-state index in [1.807, 2.05) is 0 Å². The molecule has 0 unspecified atom stereocenters. The summed E-state index contributed by atoms with van der Waals surface area (Å²) in [5.41, 5.74) is 5.27. The molecule has 0 heterocycles. The Hall–Kier alpha value is -2.87. The second-order valence-electron chi connectivity index (χ2n) is 4.69. The standard InChI is InChI=1S/C15H14N2O5S/c1-17(13-8-3-2-7-12(13)14(16)18)23(21,22)11-6-4-5-10(9-11)15(19)20/h2-9H,1H3,(H2,16,18)(H,19,20). The van der Waals surface area contributed by atoms with Crippen LogP contribution < -0.4 is 10.0 Å². The summed E-state index contributed by atoms with van der Waals surface area (Å²) in [6.07, 6.45) is 0. The lowest BCUT2D eigenvalue weighted by Gasteiger charge is -2.21. The van der Waals surface area contributed by atoms with Gasteiger partial charge in [0.05, 0.1) is 21.7 Å². The number of aromatic carboxylic acids is 1. The first-order valence-corrected chi connectivity index (χ1v) is 7.90. The molecule has 0 saturated heterocycles. The molecule has 2 rings (SSSR count). The van der Waals surface area contributed by atoms with Crippen molar-refractivity contribution < 1.29 is 23.1 Å². The maximum absolute atomic E-state index is 12.7. The molecule has 0 fully saturated rings. The third-order valence-corrected chi connectivity index (χ3v) is 5.02. The molecule has 0 aliphatic carbocycles. The van der Waals surface area contributed by atoms with Gasteiger partial charge in [-0.2, -0.15) is 0 Å². The predicted octanol–water partition coefficient (Wildman–Crippen LogP) is 1.31. The Bertz CT molecular complexity index is 877. The second-order valence-corrected chi connectivity index (χ2v) is 6.66. The average molecular weight is 334 g/mol. The van der Waals surface area contributed by atoms with E-state index in [0.29, 0.717) is 0 Å².